The highest BCUT2D eigenvalue weighted by Gasteiger charge is 2.07. The molecule has 2 heteroatoms. The van der Waals surface area contributed by atoms with Gasteiger partial charge in [0.15, 0.2) is 0 Å². The molecule has 0 aliphatic rings. The van der Waals surface area contributed by atoms with Crippen LogP contribution in [-0.2, 0) is 6.42 Å². The molecular formula is C11H17NO. The number of aliphatic hydroxyl groups excluding tert-OH is 1. The van der Waals surface area contributed by atoms with Crippen LogP contribution < -0.4 is 5.73 Å². The first kappa shape index (κ1) is 10.2. The minimum Gasteiger partial charge on any atom is -0.396 e. The number of aliphatic hydroxyl groups is 1. The zero-order valence-electron chi connectivity index (χ0n) is 8.03. The molecule has 1 aromatic carbocycles. The van der Waals surface area contributed by atoms with Gasteiger partial charge in [-0.15, -0.1) is 0 Å². The lowest BCUT2D eigenvalue weighted by Gasteiger charge is -2.12. The van der Waals surface area contributed by atoms with Crippen molar-refractivity contribution in [3.05, 3.63) is 35.4 Å². The fraction of sp³-hybridized carbons (Fsp3) is 0.455. The van der Waals surface area contributed by atoms with Crippen molar-refractivity contribution in [2.24, 2.45) is 11.7 Å². The summed E-state index contributed by atoms with van der Waals surface area (Å²) >= 11 is 0. The predicted molar refractivity (Wildman–Crippen MR) is 54.5 cm³/mol. The Morgan fingerprint density at radius 1 is 1.38 bits per heavy atom. The highest BCUT2D eigenvalue weighted by Crippen LogP contribution is 2.12. The van der Waals surface area contributed by atoms with Crippen LogP contribution in [0, 0.1) is 12.8 Å². The molecule has 0 unspecified atom stereocenters. The van der Waals surface area contributed by atoms with E-state index in [4.69, 9.17) is 10.8 Å². The average molecular weight is 179 g/mol. The Bertz CT molecular complexity index is 256. The number of aryl methyl sites for hydroxylation is 1. The van der Waals surface area contributed by atoms with Crippen LogP contribution >= 0.6 is 0 Å². The van der Waals surface area contributed by atoms with Gasteiger partial charge in [0.2, 0.25) is 0 Å². The van der Waals surface area contributed by atoms with E-state index in [1.54, 1.807) is 0 Å². The Balaban J connectivity index is 2.67. The molecule has 1 aromatic rings. The van der Waals surface area contributed by atoms with Gasteiger partial charge in [-0.3, -0.25) is 0 Å². The number of nitrogens with two attached hydrogens (primary N) is 1. The summed E-state index contributed by atoms with van der Waals surface area (Å²) in [6, 6.07) is 8.22. The van der Waals surface area contributed by atoms with Crippen LogP contribution in [0.1, 0.15) is 11.1 Å². The van der Waals surface area contributed by atoms with Gasteiger partial charge in [0.25, 0.3) is 0 Å². The molecule has 2 nitrogen and oxygen atoms in total. The second kappa shape index (κ2) is 5.00. The SMILES string of the molecule is Cc1ccccc1C[C@H](CN)CO. The van der Waals surface area contributed by atoms with Crippen molar-refractivity contribution in [3.63, 3.8) is 0 Å². The van der Waals surface area contributed by atoms with Gasteiger partial charge in [-0.05, 0) is 36.9 Å². The fourth-order valence-corrected chi connectivity index (χ4v) is 1.37. The second-order valence-corrected chi connectivity index (χ2v) is 3.41. The van der Waals surface area contributed by atoms with Crippen molar-refractivity contribution in [1.29, 1.82) is 0 Å². The number of rotatable bonds is 4. The molecule has 0 heterocycles. The van der Waals surface area contributed by atoms with Crippen molar-refractivity contribution in [2.75, 3.05) is 13.2 Å². The predicted octanol–water partition coefficient (Wildman–Crippen LogP) is 1.10. The summed E-state index contributed by atoms with van der Waals surface area (Å²) in [5, 5.41) is 9.00. The Morgan fingerprint density at radius 3 is 2.62 bits per heavy atom. The molecule has 0 fully saturated rings. The molecular weight excluding hydrogens is 162 g/mol. The first-order chi connectivity index (χ1) is 6.27. The van der Waals surface area contributed by atoms with E-state index in [9.17, 15) is 0 Å². The summed E-state index contributed by atoms with van der Waals surface area (Å²) in [6.45, 7) is 2.80. The molecule has 72 valence electrons. The second-order valence-electron chi connectivity index (χ2n) is 3.41. The Hall–Kier alpha value is -0.860. The van der Waals surface area contributed by atoms with Crippen molar-refractivity contribution >= 4 is 0 Å². The van der Waals surface area contributed by atoms with E-state index in [0.717, 1.165) is 6.42 Å². The maximum absolute atomic E-state index is 9.00. The van der Waals surface area contributed by atoms with Crippen LogP contribution in [0.4, 0.5) is 0 Å². The van der Waals surface area contributed by atoms with E-state index in [1.165, 1.54) is 11.1 Å². The molecule has 3 N–H and O–H groups in total. The van der Waals surface area contributed by atoms with Gasteiger partial charge in [0, 0.05) is 6.61 Å². The van der Waals surface area contributed by atoms with Crippen LogP contribution in [0.3, 0.4) is 0 Å². The molecule has 0 spiro atoms. The lowest BCUT2D eigenvalue weighted by molar-refractivity contribution is 0.229. The lowest BCUT2D eigenvalue weighted by Crippen LogP contribution is -2.20. The van der Waals surface area contributed by atoms with Gasteiger partial charge in [-0.25, -0.2) is 0 Å². The summed E-state index contributed by atoms with van der Waals surface area (Å²) in [5.74, 6) is 0.195. The maximum atomic E-state index is 9.00. The minimum absolute atomic E-state index is 0.171. The Labute approximate surface area is 79.4 Å². The number of hydrogen-bond donors (Lipinski definition) is 2. The minimum atomic E-state index is 0.171. The molecule has 13 heavy (non-hydrogen) atoms. The molecule has 0 saturated heterocycles. The van der Waals surface area contributed by atoms with E-state index >= 15 is 0 Å². The van der Waals surface area contributed by atoms with Crippen molar-refractivity contribution in [3.8, 4) is 0 Å². The monoisotopic (exact) mass is 179 g/mol. The third kappa shape index (κ3) is 2.83. The van der Waals surface area contributed by atoms with Gasteiger partial charge >= 0.3 is 0 Å². The zero-order chi connectivity index (χ0) is 9.68. The van der Waals surface area contributed by atoms with E-state index in [2.05, 4.69) is 19.1 Å². The third-order valence-electron chi connectivity index (χ3n) is 2.36. The van der Waals surface area contributed by atoms with Crippen molar-refractivity contribution in [1.82, 2.24) is 0 Å². The number of hydrogen-bond acceptors (Lipinski definition) is 2. The van der Waals surface area contributed by atoms with Crippen molar-refractivity contribution < 1.29 is 5.11 Å². The third-order valence-corrected chi connectivity index (χ3v) is 2.36. The molecule has 0 amide bonds. The maximum Gasteiger partial charge on any atom is 0.0474 e. The molecule has 0 bridgehead atoms. The number of benzene rings is 1. The van der Waals surface area contributed by atoms with Crippen LogP contribution in [0.15, 0.2) is 24.3 Å². The van der Waals surface area contributed by atoms with Crippen LogP contribution in [0.5, 0.6) is 0 Å². The van der Waals surface area contributed by atoms with E-state index in [1.807, 2.05) is 12.1 Å². The van der Waals surface area contributed by atoms with Gasteiger partial charge in [-0.2, -0.15) is 0 Å². The first-order valence-corrected chi connectivity index (χ1v) is 4.63. The zero-order valence-corrected chi connectivity index (χ0v) is 8.03. The van der Waals surface area contributed by atoms with Crippen molar-refractivity contribution in [2.45, 2.75) is 13.3 Å². The summed E-state index contributed by atoms with van der Waals surface area (Å²) in [7, 11) is 0. The van der Waals surface area contributed by atoms with Crippen LogP contribution in [0.25, 0.3) is 0 Å². The highest BCUT2D eigenvalue weighted by molar-refractivity contribution is 5.25. The quantitative estimate of drug-likeness (QED) is 0.727. The van der Waals surface area contributed by atoms with Gasteiger partial charge in [-0.1, -0.05) is 24.3 Å². The summed E-state index contributed by atoms with van der Waals surface area (Å²) in [5.41, 5.74) is 8.08. The Kier molecular flexibility index (Phi) is 3.93. The fourth-order valence-electron chi connectivity index (χ4n) is 1.37. The average Bonchev–Trinajstić information content (AvgIpc) is 2.17. The van der Waals surface area contributed by atoms with E-state index in [0.29, 0.717) is 6.54 Å². The summed E-state index contributed by atoms with van der Waals surface area (Å²) in [6.07, 6.45) is 0.875. The first-order valence-electron chi connectivity index (χ1n) is 4.63. The molecule has 0 aromatic heterocycles. The van der Waals surface area contributed by atoms with E-state index in [-0.39, 0.29) is 12.5 Å². The normalized spacial score (nSPS) is 12.8. The molecule has 1 atom stereocenters. The van der Waals surface area contributed by atoms with Gasteiger partial charge in [0.05, 0.1) is 0 Å². The van der Waals surface area contributed by atoms with Gasteiger partial charge < -0.3 is 10.8 Å². The Morgan fingerprint density at radius 2 is 2.08 bits per heavy atom. The molecule has 0 aliphatic heterocycles. The van der Waals surface area contributed by atoms with Gasteiger partial charge in [0.1, 0.15) is 0 Å². The molecule has 0 aliphatic carbocycles. The summed E-state index contributed by atoms with van der Waals surface area (Å²) < 4.78 is 0. The molecule has 0 saturated carbocycles. The molecule has 0 radical (unpaired) electrons. The van der Waals surface area contributed by atoms with Crippen LogP contribution in [-0.4, -0.2) is 18.3 Å². The smallest absolute Gasteiger partial charge is 0.0474 e. The standard InChI is InChI=1S/C11H17NO/c1-9-4-2-3-5-11(9)6-10(7-12)8-13/h2-5,10,13H,6-8,12H2,1H3/t10-/m1/s1. The van der Waals surface area contributed by atoms with E-state index < -0.39 is 0 Å². The molecule has 1 rings (SSSR count). The van der Waals surface area contributed by atoms with Crippen LogP contribution in [0.2, 0.25) is 0 Å². The highest BCUT2D eigenvalue weighted by atomic mass is 16.3. The lowest BCUT2D eigenvalue weighted by atomic mass is 9.97. The largest absolute Gasteiger partial charge is 0.396 e. The topological polar surface area (TPSA) is 46.2 Å². The summed E-state index contributed by atoms with van der Waals surface area (Å²) in [4.78, 5) is 0.